The zero-order valence-corrected chi connectivity index (χ0v) is 18.6. The van der Waals surface area contributed by atoms with E-state index in [9.17, 15) is 19.4 Å². The zero-order valence-electron chi connectivity index (χ0n) is 17.8. The van der Waals surface area contributed by atoms with Crippen LogP contribution in [0.2, 0.25) is 0 Å². The van der Waals surface area contributed by atoms with Crippen LogP contribution in [0.25, 0.3) is 0 Å². The van der Waals surface area contributed by atoms with Crippen LogP contribution in [0.4, 0.5) is 0 Å². The fourth-order valence-electron chi connectivity index (χ4n) is 3.28. The number of rotatable bonds is 15. The van der Waals surface area contributed by atoms with Crippen molar-refractivity contribution in [1.82, 2.24) is 5.32 Å². The van der Waals surface area contributed by atoms with E-state index >= 15 is 0 Å². The summed E-state index contributed by atoms with van der Waals surface area (Å²) in [5, 5.41) is 8.46. The summed E-state index contributed by atoms with van der Waals surface area (Å²) < 4.78 is 0. The van der Waals surface area contributed by atoms with Crippen molar-refractivity contribution < 1.29 is 9.59 Å². The number of nitroso groups, excluding NO2 is 2. The van der Waals surface area contributed by atoms with E-state index in [4.69, 9.17) is 5.73 Å². The lowest BCUT2D eigenvalue weighted by Gasteiger charge is -2.29. The molecule has 0 heterocycles. The van der Waals surface area contributed by atoms with E-state index in [0.29, 0.717) is 12.2 Å². The summed E-state index contributed by atoms with van der Waals surface area (Å²) in [4.78, 5) is 47.6. The first kappa shape index (κ1) is 25.7. The second kappa shape index (κ2) is 13.8. The second-order valence-corrected chi connectivity index (χ2v) is 8.90. The number of thioether (sulfide) groups is 1. The van der Waals surface area contributed by atoms with Gasteiger partial charge in [-0.05, 0) is 40.4 Å². The molecule has 1 rings (SSSR count). The average molecular weight is 437 g/mol. The summed E-state index contributed by atoms with van der Waals surface area (Å²) in [5.74, 6) is -1.04. The van der Waals surface area contributed by atoms with Gasteiger partial charge in [0.15, 0.2) is 0 Å². The van der Waals surface area contributed by atoms with Crippen LogP contribution in [0, 0.1) is 27.6 Å². The molecule has 0 radical (unpaired) electrons. The lowest BCUT2D eigenvalue weighted by atomic mass is 9.83. The van der Waals surface area contributed by atoms with Crippen molar-refractivity contribution in [2.75, 3.05) is 11.5 Å². The van der Waals surface area contributed by atoms with Crippen molar-refractivity contribution in [3.05, 3.63) is 45.7 Å². The van der Waals surface area contributed by atoms with Crippen molar-refractivity contribution in [3.63, 3.8) is 0 Å². The van der Waals surface area contributed by atoms with Gasteiger partial charge in [-0.3, -0.25) is 9.59 Å². The predicted octanol–water partition coefficient (Wildman–Crippen LogP) is 3.48. The molecule has 2 amide bonds. The summed E-state index contributed by atoms with van der Waals surface area (Å²) in [5.41, 5.74) is 6.39. The first-order valence-corrected chi connectivity index (χ1v) is 11.4. The van der Waals surface area contributed by atoms with Crippen LogP contribution in [0.15, 0.2) is 40.7 Å². The van der Waals surface area contributed by atoms with Gasteiger partial charge in [-0.25, -0.2) is 0 Å². The molecule has 0 saturated carbocycles. The van der Waals surface area contributed by atoms with Gasteiger partial charge in [-0.15, -0.1) is 9.81 Å². The van der Waals surface area contributed by atoms with Gasteiger partial charge in [0, 0.05) is 24.0 Å². The number of nitrogens with zero attached hydrogens (tertiary/aromatic N) is 2. The highest BCUT2D eigenvalue weighted by Crippen LogP contribution is 2.30. The minimum atomic E-state index is -1.36. The average Bonchev–Trinajstić information content (AvgIpc) is 2.72. The van der Waals surface area contributed by atoms with Crippen LogP contribution in [-0.4, -0.2) is 35.5 Å². The first-order chi connectivity index (χ1) is 14.3. The molecule has 0 bridgehead atoms. The van der Waals surface area contributed by atoms with Gasteiger partial charge >= 0.3 is 0 Å². The van der Waals surface area contributed by atoms with E-state index in [1.807, 2.05) is 51.1 Å². The Bertz CT molecular complexity index is 679. The summed E-state index contributed by atoms with van der Waals surface area (Å²) >= 11 is 1.55. The molecule has 0 aliphatic heterocycles. The Hall–Kier alpha value is -2.29. The molecule has 8 nitrogen and oxygen atoms in total. The van der Waals surface area contributed by atoms with Crippen molar-refractivity contribution in [1.29, 1.82) is 0 Å². The number of hydrogen-bond donors (Lipinski definition) is 2. The van der Waals surface area contributed by atoms with Crippen molar-refractivity contribution in [3.8, 4) is 0 Å². The van der Waals surface area contributed by atoms with Crippen LogP contribution >= 0.6 is 11.8 Å². The number of primary amides is 1. The molecule has 3 N–H and O–H groups in total. The highest BCUT2D eigenvalue weighted by atomic mass is 32.2. The van der Waals surface area contributed by atoms with Crippen LogP contribution < -0.4 is 11.1 Å². The summed E-state index contributed by atoms with van der Waals surface area (Å²) in [6.07, 6.45) is 0.256. The fourth-order valence-corrected chi connectivity index (χ4v) is 4.42. The maximum Gasteiger partial charge on any atom is 0.240 e. The normalized spacial score (nSPS) is 14.2. The molecule has 9 heteroatoms. The fraction of sp³-hybridized carbons (Fsp3) is 0.619. The highest BCUT2D eigenvalue weighted by molar-refractivity contribution is 7.99. The molecule has 0 unspecified atom stereocenters. The van der Waals surface area contributed by atoms with E-state index in [1.54, 1.807) is 11.8 Å². The number of hydrogen-bond acceptors (Lipinski definition) is 7. The van der Waals surface area contributed by atoms with Gasteiger partial charge < -0.3 is 11.1 Å². The third kappa shape index (κ3) is 8.61. The topological polar surface area (TPSA) is 131 Å². The van der Waals surface area contributed by atoms with E-state index < -0.39 is 35.9 Å². The summed E-state index contributed by atoms with van der Waals surface area (Å²) in [7, 11) is 0. The Kier molecular flexibility index (Phi) is 11.9. The molecule has 0 aliphatic rings. The van der Waals surface area contributed by atoms with Crippen LogP contribution in [-0.2, 0) is 16.0 Å². The number of carbonyl (C=O) groups is 2. The Morgan fingerprint density at radius 1 is 1.13 bits per heavy atom. The number of carbonyl (C=O) groups excluding carboxylic acids is 2. The molecule has 1 aromatic rings. The summed E-state index contributed by atoms with van der Waals surface area (Å²) in [6.45, 7) is 5.92. The largest absolute Gasteiger partial charge is 0.368 e. The van der Waals surface area contributed by atoms with E-state index in [1.165, 1.54) is 0 Å². The number of nitrogens with two attached hydrogens (primary N) is 1. The molecule has 0 saturated heterocycles. The van der Waals surface area contributed by atoms with E-state index in [0.717, 1.165) is 17.7 Å². The molecule has 0 aliphatic carbocycles. The lowest BCUT2D eigenvalue weighted by molar-refractivity contribution is -0.131. The SMILES string of the molecule is CCCSC[C@H](C(N=O)N=O)[C@@H](CC(C)C)C(=O)N[C@@H](Cc1ccccc1)C(N)=O. The Morgan fingerprint density at radius 2 is 1.77 bits per heavy atom. The molecule has 0 spiro atoms. The molecular formula is C21H32N4O4S. The number of benzene rings is 1. The molecule has 30 heavy (non-hydrogen) atoms. The molecule has 1 aromatic carbocycles. The molecule has 0 fully saturated rings. The van der Waals surface area contributed by atoms with Crippen LogP contribution in [0.5, 0.6) is 0 Å². The molecule has 3 atom stereocenters. The molecule has 0 aromatic heterocycles. The quantitative estimate of drug-likeness (QED) is 0.321. The molecule has 166 valence electrons. The standard InChI is InChI=1S/C21H32N4O4S/c1-4-10-30-13-17(20(24-28)25-29)16(11-14(2)3)21(27)23-18(19(22)26)12-15-8-6-5-7-9-15/h5-9,14,16-18,20H,4,10-13H2,1-3H3,(H2,22,26)(H,23,27)/t16-,17+,18+/m1/s1. The second-order valence-electron chi connectivity index (χ2n) is 7.75. The Balaban J connectivity index is 3.08. The Morgan fingerprint density at radius 3 is 2.27 bits per heavy atom. The van der Waals surface area contributed by atoms with Gasteiger partial charge in [-0.2, -0.15) is 11.8 Å². The monoisotopic (exact) mass is 436 g/mol. The lowest BCUT2D eigenvalue weighted by Crippen LogP contribution is -2.50. The Labute approximate surface area is 182 Å². The van der Waals surface area contributed by atoms with Gasteiger partial charge in [0.25, 0.3) is 0 Å². The van der Waals surface area contributed by atoms with Crippen molar-refractivity contribution >= 4 is 23.6 Å². The maximum absolute atomic E-state index is 13.2. The van der Waals surface area contributed by atoms with Gasteiger partial charge in [-0.1, -0.05) is 51.1 Å². The van der Waals surface area contributed by atoms with E-state index in [-0.39, 0.29) is 12.3 Å². The maximum atomic E-state index is 13.2. The third-order valence-corrected chi connectivity index (χ3v) is 6.10. The van der Waals surface area contributed by atoms with Crippen molar-refractivity contribution in [2.45, 2.75) is 52.2 Å². The minimum Gasteiger partial charge on any atom is -0.368 e. The van der Waals surface area contributed by atoms with Gasteiger partial charge in [0.05, 0.1) is 0 Å². The molecular weight excluding hydrogens is 404 g/mol. The van der Waals surface area contributed by atoms with Crippen molar-refractivity contribution in [2.24, 2.45) is 33.8 Å². The summed E-state index contributed by atoms with van der Waals surface area (Å²) in [6, 6.07) is 8.34. The smallest absolute Gasteiger partial charge is 0.240 e. The van der Waals surface area contributed by atoms with Gasteiger partial charge in [0.1, 0.15) is 6.04 Å². The van der Waals surface area contributed by atoms with E-state index in [2.05, 4.69) is 15.7 Å². The number of amides is 2. The predicted molar refractivity (Wildman–Crippen MR) is 121 cm³/mol. The number of nitrogens with one attached hydrogen (secondary N) is 1. The first-order valence-electron chi connectivity index (χ1n) is 10.2. The minimum absolute atomic E-state index is 0.125. The highest BCUT2D eigenvalue weighted by Gasteiger charge is 2.37. The third-order valence-electron chi connectivity index (χ3n) is 4.78. The van der Waals surface area contributed by atoms with Crippen LogP contribution in [0.3, 0.4) is 0 Å². The van der Waals surface area contributed by atoms with Crippen LogP contribution in [0.1, 0.15) is 39.2 Å². The zero-order chi connectivity index (χ0) is 22.5. The van der Waals surface area contributed by atoms with Gasteiger partial charge in [0.2, 0.25) is 18.0 Å².